The van der Waals surface area contributed by atoms with Crippen LogP contribution in [0.4, 0.5) is 11.4 Å². The zero-order valence-corrected chi connectivity index (χ0v) is 12.1. The molecule has 0 saturated carbocycles. The first kappa shape index (κ1) is 14.9. The van der Waals surface area contributed by atoms with Crippen LogP contribution in [0.2, 0.25) is 0 Å². The van der Waals surface area contributed by atoms with Gasteiger partial charge in [-0.05, 0) is 43.5 Å². The van der Waals surface area contributed by atoms with Gasteiger partial charge in [0, 0.05) is 17.4 Å². The Morgan fingerprint density at radius 1 is 1.17 bits per heavy atom. The van der Waals surface area contributed by atoms with Crippen LogP contribution in [0.5, 0.6) is 0 Å². The van der Waals surface area contributed by atoms with Gasteiger partial charge in [-0.2, -0.15) is 12.6 Å². The van der Waals surface area contributed by atoms with Crippen molar-refractivity contribution in [3.63, 3.8) is 0 Å². The number of anilines is 2. The minimum absolute atomic E-state index is 0.0905. The number of carbonyl (C=O) groups is 1. The van der Waals surface area contributed by atoms with Gasteiger partial charge in [0.25, 0.3) is 0 Å². The second-order valence-electron chi connectivity index (χ2n) is 4.96. The molecule has 0 aliphatic rings. The van der Waals surface area contributed by atoms with Gasteiger partial charge in [0.05, 0.1) is 5.75 Å². The first-order chi connectivity index (χ1) is 8.51. The lowest BCUT2D eigenvalue weighted by atomic mass is 10.1. The normalized spacial score (nSPS) is 12.3. The van der Waals surface area contributed by atoms with E-state index in [9.17, 15) is 4.79 Å². The maximum atomic E-state index is 11.2. The van der Waals surface area contributed by atoms with E-state index in [2.05, 4.69) is 44.0 Å². The fourth-order valence-corrected chi connectivity index (χ4v) is 1.98. The van der Waals surface area contributed by atoms with Crippen molar-refractivity contribution in [3.05, 3.63) is 24.3 Å². The SMILES string of the molecule is CC(C)CC(C)Nc1ccc(NC(=O)CS)cc1. The van der Waals surface area contributed by atoms with Crippen molar-refractivity contribution in [1.29, 1.82) is 0 Å². The van der Waals surface area contributed by atoms with Crippen molar-refractivity contribution in [1.82, 2.24) is 0 Å². The molecule has 1 unspecified atom stereocenters. The van der Waals surface area contributed by atoms with E-state index < -0.39 is 0 Å². The first-order valence-electron chi connectivity index (χ1n) is 6.28. The molecule has 100 valence electrons. The van der Waals surface area contributed by atoms with Crippen LogP contribution < -0.4 is 10.6 Å². The zero-order valence-electron chi connectivity index (χ0n) is 11.2. The van der Waals surface area contributed by atoms with Crippen LogP contribution in [0.1, 0.15) is 27.2 Å². The van der Waals surface area contributed by atoms with Gasteiger partial charge < -0.3 is 10.6 Å². The Balaban J connectivity index is 2.52. The standard InChI is InChI=1S/C14H22N2OS/c1-10(2)8-11(3)15-12-4-6-13(7-5-12)16-14(17)9-18/h4-7,10-11,15,18H,8-9H2,1-3H3,(H,16,17). The lowest BCUT2D eigenvalue weighted by Crippen LogP contribution is -2.17. The largest absolute Gasteiger partial charge is 0.383 e. The van der Waals surface area contributed by atoms with Gasteiger partial charge in [-0.3, -0.25) is 4.79 Å². The predicted molar refractivity (Wildman–Crippen MR) is 81.5 cm³/mol. The van der Waals surface area contributed by atoms with Gasteiger partial charge in [-0.25, -0.2) is 0 Å². The lowest BCUT2D eigenvalue weighted by molar-refractivity contribution is -0.113. The van der Waals surface area contributed by atoms with E-state index in [0.717, 1.165) is 17.8 Å². The van der Waals surface area contributed by atoms with Crippen LogP contribution in [-0.4, -0.2) is 17.7 Å². The second kappa shape index (κ2) is 7.31. The number of rotatable bonds is 6. The summed E-state index contributed by atoms with van der Waals surface area (Å²) in [7, 11) is 0. The summed E-state index contributed by atoms with van der Waals surface area (Å²) in [4.78, 5) is 11.2. The van der Waals surface area contributed by atoms with Crippen molar-refractivity contribution in [2.45, 2.75) is 33.2 Å². The molecule has 0 fully saturated rings. The molecule has 3 nitrogen and oxygen atoms in total. The fraction of sp³-hybridized carbons (Fsp3) is 0.500. The summed E-state index contributed by atoms with van der Waals surface area (Å²) >= 11 is 3.92. The summed E-state index contributed by atoms with van der Waals surface area (Å²) in [6.45, 7) is 6.61. The third-order valence-electron chi connectivity index (χ3n) is 2.55. The second-order valence-corrected chi connectivity index (χ2v) is 5.27. The van der Waals surface area contributed by atoms with E-state index >= 15 is 0 Å². The average Bonchev–Trinajstić information content (AvgIpc) is 2.30. The highest BCUT2D eigenvalue weighted by molar-refractivity contribution is 7.81. The van der Waals surface area contributed by atoms with Gasteiger partial charge in [-0.1, -0.05) is 13.8 Å². The molecule has 0 aromatic heterocycles. The van der Waals surface area contributed by atoms with Crippen molar-refractivity contribution >= 4 is 29.9 Å². The van der Waals surface area contributed by atoms with Crippen LogP contribution in [0.3, 0.4) is 0 Å². The van der Waals surface area contributed by atoms with Crippen LogP contribution in [0, 0.1) is 5.92 Å². The van der Waals surface area contributed by atoms with Crippen LogP contribution >= 0.6 is 12.6 Å². The fourth-order valence-electron chi connectivity index (χ4n) is 1.90. The van der Waals surface area contributed by atoms with E-state index in [1.54, 1.807) is 0 Å². The molecule has 0 aliphatic heterocycles. The van der Waals surface area contributed by atoms with Gasteiger partial charge in [0.1, 0.15) is 0 Å². The number of carbonyl (C=O) groups excluding carboxylic acids is 1. The Morgan fingerprint density at radius 3 is 2.22 bits per heavy atom. The summed E-state index contributed by atoms with van der Waals surface area (Å²) in [5, 5.41) is 6.20. The van der Waals surface area contributed by atoms with Crippen molar-refractivity contribution < 1.29 is 4.79 Å². The predicted octanol–water partition coefficient (Wildman–Crippen LogP) is 3.40. The number of thiol groups is 1. The summed E-state index contributed by atoms with van der Waals surface area (Å²) in [6, 6.07) is 8.19. The van der Waals surface area contributed by atoms with E-state index in [1.807, 2.05) is 24.3 Å². The maximum absolute atomic E-state index is 11.2. The Kier molecular flexibility index (Phi) is 6.05. The molecule has 4 heteroatoms. The number of amides is 1. The summed E-state index contributed by atoms with van der Waals surface area (Å²) in [5.41, 5.74) is 1.88. The third-order valence-corrected chi connectivity index (χ3v) is 2.84. The third kappa shape index (κ3) is 5.45. The Labute approximate surface area is 115 Å². The highest BCUT2D eigenvalue weighted by atomic mass is 32.1. The van der Waals surface area contributed by atoms with Gasteiger partial charge in [0.2, 0.25) is 5.91 Å². The lowest BCUT2D eigenvalue weighted by Gasteiger charge is -2.17. The van der Waals surface area contributed by atoms with E-state index in [0.29, 0.717) is 12.0 Å². The van der Waals surface area contributed by atoms with Crippen LogP contribution in [0.15, 0.2) is 24.3 Å². The number of hydrogen-bond donors (Lipinski definition) is 3. The number of nitrogens with one attached hydrogen (secondary N) is 2. The van der Waals surface area contributed by atoms with Crippen LogP contribution in [-0.2, 0) is 4.79 Å². The Morgan fingerprint density at radius 2 is 1.72 bits per heavy atom. The van der Waals surface area contributed by atoms with E-state index in [4.69, 9.17) is 0 Å². The Bertz CT molecular complexity index is 376. The molecule has 2 N–H and O–H groups in total. The highest BCUT2D eigenvalue weighted by Gasteiger charge is 2.05. The monoisotopic (exact) mass is 266 g/mol. The smallest absolute Gasteiger partial charge is 0.234 e. The minimum Gasteiger partial charge on any atom is -0.383 e. The zero-order chi connectivity index (χ0) is 13.5. The topological polar surface area (TPSA) is 41.1 Å². The first-order valence-corrected chi connectivity index (χ1v) is 6.91. The highest BCUT2D eigenvalue weighted by Crippen LogP contribution is 2.16. The molecule has 0 bridgehead atoms. The molecule has 0 aliphatic carbocycles. The molecule has 0 radical (unpaired) electrons. The molecule has 0 spiro atoms. The molecule has 1 atom stereocenters. The van der Waals surface area contributed by atoms with Gasteiger partial charge >= 0.3 is 0 Å². The molecule has 18 heavy (non-hydrogen) atoms. The number of hydrogen-bond acceptors (Lipinski definition) is 3. The Hall–Kier alpha value is -1.16. The summed E-state index contributed by atoms with van der Waals surface area (Å²) < 4.78 is 0. The average molecular weight is 266 g/mol. The van der Waals surface area contributed by atoms with Crippen molar-refractivity contribution in [2.24, 2.45) is 5.92 Å². The molecule has 1 aromatic carbocycles. The van der Waals surface area contributed by atoms with Crippen molar-refractivity contribution in [3.8, 4) is 0 Å². The van der Waals surface area contributed by atoms with Crippen LogP contribution in [0.25, 0.3) is 0 Å². The van der Waals surface area contributed by atoms with Gasteiger partial charge in [-0.15, -0.1) is 0 Å². The molecule has 0 heterocycles. The van der Waals surface area contributed by atoms with E-state index in [1.165, 1.54) is 0 Å². The van der Waals surface area contributed by atoms with E-state index in [-0.39, 0.29) is 11.7 Å². The number of benzene rings is 1. The summed E-state index contributed by atoms with van der Waals surface area (Å²) in [5.74, 6) is 0.791. The molecule has 1 rings (SSSR count). The quantitative estimate of drug-likeness (QED) is 0.691. The molecular weight excluding hydrogens is 244 g/mol. The summed E-state index contributed by atoms with van der Waals surface area (Å²) in [6.07, 6.45) is 1.14. The molecule has 1 amide bonds. The molecule has 1 aromatic rings. The maximum Gasteiger partial charge on any atom is 0.234 e. The van der Waals surface area contributed by atoms with Gasteiger partial charge in [0.15, 0.2) is 0 Å². The molecule has 0 saturated heterocycles. The van der Waals surface area contributed by atoms with Crippen molar-refractivity contribution in [2.75, 3.05) is 16.4 Å². The molecular formula is C14H22N2OS. The minimum atomic E-state index is -0.0905.